The van der Waals surface area contributed by atoms with Gasteiger partial charge < -0.3 is 10.1 Å². The summed E-state index contributed by atoms with van der Waals surface area (Å²) in [5.41, 5.74) is 4.69. The van der Waals surface area contributed by atoms with Crippen molar-refractivity contribution in [3.05, 3.63) is 51.4 Å². The van der Waals surface area contributed by atoms with Gasteiger partial charge in [-0.25, -0.2) is 0 Å². The van der Waals surface area contributed by atoms with Crippen LogP contribution in [-0.2, 0) is 0 Å². The quantitative estimate of drug-likeness (QED) is 0.769. The smallest absolute Gasteiger partial charge is 0.136 e. The minimum absolute atomic E-state index is 0.888. The Labute approximate surface area is 119 Å². The van der Waals surface area contributed by atoms with Crippen molar-refractivity contribution in [2.24, 2.45) is 0 Å². The first kappa shape index (κ1) is 12.8. The van der Waals surface area contributed by atoms with Gasteiger partial charge in [0.05, 0.1) is 0 Å². The fourth-order valence-corrected chi connectivity index (χ4v) is 2.53. The van der Waals surface area contributed by atoms with Crippen LogP contribution in [0.3, 0.4) is 0 Å². The molecule has 0 aliphatic carbocycles. The highest BCUT2D eigenvalue weighted by molar-refractivity contribution is 5.69. The van der Waals surface area contributed by atoms with Crippen molar-refractivity contribution in [3.63, 3.8) is 0 Å². The highest BCUT2D eigenvalue weighted by Gasteiger charge is 2.13. The standard InChI is InChI=1S/C18H19NO/c1-5-19-16-10-18-15(7-13(16)4)9-14-6-11(2)12(3)8-17(14)20-18/h6-10,19H,3,5H2,1-2,4H3. The summed E-state index contributed by atoms with van der Waals surface area (Å²) in [4.78, 5) is 0. The first-order chi connectivity index (χ1) is 9.58. The van der Waals surface area contributed by atoms with E-state index in [2.05, 4.69) is 56.9 Å². The summed E-state index contributed by atoms with van der Waals surface area (Å²) >= 11 is 0. The minimum atomic E-state index is 0.888. The first-order valence-corrected chi connectivity index (χ1v) is 6.96. The van der Waals surface area contributed by atoms with E-state index in [1.54, 1.807) is 0 Å². The predicted molar refractivity (Wildman–Crippen MR) is 84.9 cm³/mol. The normalized spacial score (nSPS) is 11.9. The SMILES string of the molecule is C=c1cc2c(cc1C)=Cc1cc(C)c(NCC)cc1O2. The molecule has 0 unspecified atom stereocenters. The van der Waals surface area contributed by atoms with E-state index in [-0.39, 0.29) is 0 Å². The van der Waals surface area contributed by atoms with Gasteiger partial charge in [0.15, 0.2) is 0 Å². The molecule has 2 aromatic carbocycles. The van der Waals surface area contributed by atoms with Crippen molar-refractivity contribution in [2.75, 3.05) is 11.9 Å². The lowest BCUT2D eigenvalue weighted by atomic mass is 10.0. The maximum Gasteiger partial charge on any atom is 0.136 e. The predicted octanol–water partition coefficient (Wildman–Crippen LogP) is 3.08. The Morgan fingerprint density at radius 2 is 1.85 bits per heavy atom. The number of hydrogen-bond acceptors (Lipinski definition) is 2. The van der Waals surface area contributed by atoms with Gasteiger partial charge in [0.25, 0.3) is 0 Å². The van der Waals surface area contributed by atoms with Gasteiger partial charge in [-0.05, 0) is 61.4 Å². The molecule has 0 amide bonds. The van der Waals surface area contributed by atoms with Crippen LogP contribution in [0.25, 0.3) is 12.7 Å². The topological polar surface area (TPSA) is 21.3 Å². The van der Waals surface area contributed by atoms with Crippen LogP contribution in [0.1, 0.15) is 23.6 Å². The van der Waals surface area contributed by atoms with E-state index in [4.69, 9.17) is 4.74 Å². The highest BCUT2D eigenvalue weighted by atomic mass is 16.5. The van der Waals surface area contributed by atoms with Crippen LogP contribution in [0.2, 0.25) is 0 Å². The number of aryl methyl sites for hydroxylation is 2. The zero-order valence-corrected chi connectivity index (χ0v) is 12.2. The summed E-state index contributed by atoms with van der Waals surface area (Å²) in [5, 5.41) is 5.50. The van der Waals surface area contributed by atoms with Gasteiger partial charge in [-0.3, -0.25) is 0 Å². The lowest BCUT2D eigenvalue weighted by molar-refractivity contribution is 0.473. The molecule has 102 valence electrons. The van der Waals surface area contributed by atoms with Gasteiger partial charge in [-0.2, -0.15) is 0 Å². The summed E-state index contributed by atoms with van der Waals surface area (Å²) < 4.78 is 6.04. The molecule has 2 heteroatoms. The maximum atomic E-state index is 6.04. The molecule has 1 aliphatic rings. The summed E-state index contributed by atoms with van der Waals surface area (Å²) in [5.74, 6) is 1.79. The van der Waals surface area contributed by atoms with Crippen molar-refractivity contribution in [1.29, 1.82) is 0 Å². The Kier molecular flexibility index (Phi) is 3.01. The Hall–Kier alpha value is -2.22. The van der Waals surface area contributed by atoms with Crippen LogP contribution in [0.4, 0.5) is 5.69 Å². The van der Waals surface area contributed by atoms with Crippen LogP contribution >= 0.6 is 0 Å². The molecule has 0 atom stereocenters. The van der Waals surface area contributed by atoms with Crippen LogP contribution in [0, 0.1) is 13.8 Å². The van der Waals surface area contributed by atoms with Crippen LogP contribution < -0.4 is 20.5 Å². The van der Waals surface area contributed by atoms with Crippen molar-refractivity contribution >= 4 is 18.3 Å². The lowest BCUT2D eigenvalue weighted by Crippen LogP contribution is -2.17. The van der Waals surface area contributed by atoms with Crippen LogP contribution in [0.15, 0.2) is 24.3 Å². The molecule has 1 aliphatic heterocycles. The molecule has 0 spiro atoms. The molecule has 0 aromatic heterocycles. The summed E-state index contributed by atoms with van der Waals surface area (Å²) in [6, 6.07) is 8.39. The number of nitrogens with one attached hydrogen (secondary N) is 1. The Bertz CT molecular complexity index is 790. The molecule has 2 nitrogen and oxygen atoms in total. The summed E-state index contributed by atoms with van der Waals surface area (Å²) in [7, 11) is 0. The fourth-order valence-electron chi connectivity index (χ4n) is 2.53. The molecule has 1 N–H and O–H groups in total. The van der Waals surface area contributed by atoms with Gasteiger partial charge in [0.1, 0.15) is 11.5 Å². The van der Waals surface area contributed by atoms with Crippen molar-refractivity contribution < 1.29 is 4.74 Å². The molecular formula is C18H19NO. The van der Waals surface area contributed by atoms with E-state index >= 15 is 0 Å². The average Bonchev–Trinajstić information content (AvgIpc) is 2.40. The largest absolute Gasteiger partial charge is 0.456 e. The van der Waals surface area contributed by atoms with Crippen molar-refractivity contribution in [3.8, 4) is 11.5 Å². The van der Waals surface area contributed by atoms with E-state index in [1.165, 1.54) is 11.1 Å². The third kappa shape index (κ3) is 2.07. The van der Waals surface area contributed by atoms with E-state index in [0.29, 0.717) is 0 Å². The second-order valence-electron chi connectivity index (χ2n) is 5.30. The van der Waals surface area contributed by atoms with E-state index in [0.717, 1.165) is 39.7 Å². The molecular weight excluding hydrogens is 246 g/mol. The van der Waals surface area contributed by atoms with Gasteiger partial charge in [0.2, 0.25) is 0 Å². The molecule has 20 heavy (non-hydrogen) atoms. The van der Waals surface area contributed by atoms with Gasteiger partial charge in [-0.15, -0.1) is 0 Å². The highest BCUT2D eigenvalue weighted by Crippen LogP contribution is 2.32. The van der Waals surface area contributed by atoms with Crippen LogP contribution in [0.5, 0.6) is 11.5 Å². The number of hydrogen-bond donors (Lipinski definition) is 1. The molecule has 3 rings (SSSR count). The number of ether oxygens (including phenoxy) is 1. The number of rotatable bonds is 2. The Morgan fingerprint density at radius 1 is 1.05 bits per heavy atom. The van der Waals surface area contributed by atoms with E-state index < -0.39 is 0 Å². The van der Waals surface area contributed by atoms with Crippen molar-refractivity contribution in [1.82, 2.24) is 0 Å². The van der Waals surface area contributed by atoms with Gasteiger partial charge in [0, 0.05) is 29.1 Å². The summed E-state index contributed by atoms with van der Waals surface area (Å²) in [6.45, 7) is 11.2. The zero-order valence-electron chi connectivity index (χ0n) is 12.2. The second kappa shape index (κ2) is 4.71. The Balaban J connectivity index is 2.18. The zero-order chi connectivity index (χ0) is 14.3. The Morgan fingerprint density at radius 3 is 2.60 bits per heavy atom. The molecule has 0 radical (unpaired) electrons. The monoisotopic (exact) mass is 265 g/mol. The molecule has 0 bridgehead atoms. The number of fused-ring (bicyclic) bond motifs is 2. The van der Waals surface area contributed by atoms with E-state index in [1.807, 2.05) is 6.07 Å². The van der Waals surface area contributed by atoms with Gasteiger partial charge >= 0.3 is 0 Å². The third-order valence-corrected chi connectivity index (χ3v) is 3.72. The molecule has 0 saturated carbocycles. The van der Waals surface area contributed by atoms with Crippen LogP contribution in [-0.4, -0.2) is 6.54 Å². The second-order valence-corrected chi connectivity index (χ2v) is 5.30. The number of benzene rings is 2. The number of anilines is 1. The maximum absolute atomic E-state index is 6.04. The van der Waals surface area contributed by atoms with E-state index in [9.17, 15) is 0 Å². The summed E-state index contributed by atoms with van der Waals surface area (Å²) in [6.07, 6.45) is 2.18. The average molecular weight is 265 g/mol. The first-order valence-electron chi connectivity index (χ1n) is 6.96. The molecule has 0 saturated heterocycles. The third-order valence-electron chi connectivity index (χ3n) is 3.72. The van der Waals surface area contributed by atoms with Crippen molar-refractivity contribution in [2.45, 2.75) is 20.8 Å². The molecule has 1 heterocycles. The lowest BCUT2D eigenvalue weighted by Gasteiger charge is -2.18. The molecule has 2 aromatic rings. The van der Waals surface area contributed by atoms with Gasteiger partial charge in [-0.1, -0.05) is 6.58 Å². The fraction of sp³-hybridized carbons (Fsp3) is 0.222. The minimum Gasteiger partial charge on any atom is -0.456 e. The molecule has 0 fully saturated rings.